The van der Waals surface area contributed by atoms with Crippen LogP contribution in [0.5, 0.6) is 5.75 Å². The first kappa shape index (κ1) is 23.1. The van der Waals surface area contributed by atoms with Gasteiger partial charge in [-0.25, -0.2) is 4.39 Å². The molecule has 0 spiro atoms. The number of nitrogens with zero attached hydrogens (tertiary/aromatic N) is 4. The van der Waals surface area contributed by atoms with Crippen molar-refractivity contribution in [3.63, 3.8) is 0 Å². The van der Waals surface area contributed by atoms with E-state index in [0.717, 1.165) is 23.8 Å². The maximum Gasteiger partial charge on any atom is 0.280 e. The number of halogens is 1. The summed E-state index contributed by atoms with van der Waals surface area (Å²) in [6, 6.07) is 9.14. The van der Waals surface area contributed by atoms with Gasteiger partial charge in [0.05, 0.1) is 28.0 Å². The largest absolute Gasteiger partial charge is 0.483 e. The van der Waals surface area contributed by atoms with Gasteiger partial charge in [-0.05, 0) is 31.5 Å². The zero-order valence-corrected chi connectivity index (χ0v) is 17.6. The lowest BCUT2D eigenvalue weighted by Gasteiger charge is -2.44. The van der Waals surface area contributed by atoms with Crippen molar-refractivity contribution in [3.05, 3.63) is 74.1 Å². The Kier molecular flexibility index (Phi) is 6.98. The van der Waals surface area contributed by atoms with E-state index in [4.69, 9.17) is 4.74 Å². The average molecular weight is 446 g/mol. The summed E-state index contributed by atoms with van der Waals surface area (Å²) < 4.78 is 18.5. The van der Waals surface area contributed by atoms with Crippen LogP contribution in [0.25, 0.3) is 0 Å². The Labute approximate surface area is 183 Å². The first-order valence-corrected chi connectivity index (χ1v) is 9.98. The molecule has 1 amide bonds. The van der Waals surface area contributed by atoms with Crippen LogP contribution in [0.2, 0.25) is 0 Å². The summed E-state index contributed by atoms with van der Waals surface area (Å²) in [7, 11) is 0. The van der Waals surface area contributed by atoms with E-state index in [0.29, 0.717) is 19.6 Å². The highest BCUT2D eigenvalue weighted by atomic mass is 19.1. The van der Waals surface area contributed by atoms with Gasteiger partial charge in [-0.15, -0.1) is 0 Å². The summed E-state index contributed by atoms with van der Waals surface area (Å²) in [5.41, 5.74) is -0.00285. The quantitative estimate of drug-likeness (QED) is 0.473. The fourth-order valence-corrected chi connectivity index (χ4v) is 3.68. The fraction of sp³-hybridized carbons (Fsp3) is 0.381. The zero-order valence-electron chi connectivity index (χ0n) is 17.6. The first-order chi connectivity index (χ1) is 15.1. The number of benzene rings is 2. The summed E-state index contributed by atoms with van der Waals surface area (Å²) in [6.45, 7) is 5.17. The predicted octanol–water partition coefficient (Wildman–Crippen LogP) is 3.14. The lowest BCUT2D eigenvalue weighted by Crippen LogP contribution is -2.58. The second-order valence-corrected chi connectivity index (χ2v) is 7.79. The van der Waals surface area contributed by atoms with Crippen LogP contribution >= 0.6 is 0 Å². The molecule has 0 aromatic heterocycles. The molecule has 1 heterocycles. The minimum atomic E-state index is -0.758. The van der Waals surface area contributed by atoms with Crippen LogP contribution in [0.15, 0.2) is 42.5 Å². The number of carbonyl (C=O) groups is 1. The van der Waals surface area contributed by atoms with Crippen LogP contribution in [0.4, 0.5) is 15.8 Å². The van der Waals surface area contributed by atoms with Crippen LogP contribution in [-0.4, -0.2) is 57.3 Å². The molecule has 0 radical (unpaired) electrons. The number of hydrogen-bond acceptors (Lipinski definition) is 7. The maximum atomic E-state index is 13.1. The van der Waals surface area contributed by atoms with Crippen molar-refractivity contribution in [2.45, 2.75) is 32.5 Å². The molecule has 170 valence electrons. The molecule has 32 heavy (non-hydrogen) atoms. The molecular weight excluding hydrogens is 423 g/mol. The Balaban J connectivity index is 1.62. The highest BCUT2D eigenvalue weighted by Crippen LogP contribution is 2.27. The number of carbonyl (C=O) groups excluding carboxylic acids is 1. The van der Waals surface area contributed by atoms with E-state index in [9.17, 15) is 29.4 Å². The van der Waals surface area contributed by atoms with Gasteiger partial charge in [-0.3, -0.25) is 29.9 Å². The van der Waals surface area contributed by atoms with Crippen molar-refractivity contribution in [1.82, 2.24) is 9.80 Å². The molecule has 1 aliphatic heterocycles. The van der Waals surface area contributed by atoms with Gasteiger partial charge in [-0.1, -0.05) is 12.1 Å². The second-order valence-electron chi connectivity index (χ2n) is 7.79. The highest BCUT2D eigenvalue weighted by Gasteiger charge is 2.32. The van der Waals surface area contributed by atoms with Gasteiger partial charge in [0.1, 0.15) is 11.6 Å². The van der Waals surface area contributed by atoms with Crippen molar-refractivity contribution >= 4 is 17.3 Å². The molecule has 0 unspecified atom stereocenters. The van der Waals surface area contributed by atoms with E-state index >= 15 is 0 Å². The molecule has 2 aromatic carbocycles. The average Bonchev–Trinajstić information content (AvgIpc) is 2.75. The van der Waals surface area contributed by atoms with Gasteiger partial charge < -0.3 is 9.64 Å². The number of rotatable bonds is 7. The smallest absolute Gasteiger partial charge is 0.280 e. The molecule has 0 saturated carbocycles. The number of non-ortho nitro benzene ring substituents is 2. The first-order valence-electron chi connectivity index (χ1n) is 9.98. The van der Waals surface area contributed by atoms with Crippen LogP contribution in [0.1, 0.15) is 19.4 Å². The van der Waals surface area contributed by atoms with E-state index in [2.05, 4.69) is 4.90 Å². The predicted molar refractivity (Wildman–Crippen MR) is 113 cm³/mol. The molecule has 0 N–H and O–H groups in total. The normalized spacial score (nSPS) is 18.9. The standard InChI is InChI=1S/C21H23FN4O6/c1-14-11-24(15(2)10-23(14)12-16-3-5-17(22)6-4-16)21(27)13-32-20-8-18(25(28)29)7-19(9-20)26(30)31/h3-9,14-15H,10-13H2,1-2H3/t14-,15+/m0/s1. The molecule has 1 fully saturated rings. The Hall–Kier alpha value is -3.60. The molecule has 3 rings (SSSR count). The second kappa shape index (κ2) is 9.69. The molecule has 10 nitrogen and oxygen atoms in total. The van der Waals surface area contributed by atoms with Gasteiger partial charge in [0.2, 0.25) is 0 Å². The van der Waals surface area contributed by atoms with Gasteiger partial charge in [0, 0.05) is 31.7 Å². The molecule has 0 bridgehead atoms. The van der Waals surface area contributed by atoms with E-state index in [1.807, 2.05) is 13.8 Å². The Morgan fingerprint density at radius 3 is 2.19 bits per heavy atom. The molecule has 1 aliphatic rings. The Bertz CT molecular complexity index is 984. The molecular formula is C21H23FN4O6. The molecule has 0 aliphatic carbocycles. The highest BCUT2D eigenvalue weighted by molar-refractivity contribution is 5.78. The number of nitro groups is 2. The summed E-state index contributed by atoms with van der Waals surface area (Å²) in [5, 5.41) is 22.0. The SMILES string of the molecule is C[C@@H]1CN(Cc2ccc(F)cc2)[C@@H](C)CN1C(=O)COc1cc([N+](=O)[O-])cc([N+](=O)[O-])c1. The molecule has 2 aromatic rings. The van der Waals surface area contributed by atoms with Gasteiger partial charge >= 0.3 is 0 Å². The fourth-order valence-electron chi connectivity index (χ4n) is 3.68. The lowest BCUT2D eigenvalue weighted by molar-refractivity contribution is -0.394. The lowest BCUT2D eigenvalue weighted by atomic mass is 10.1. The van der Waals surface area contributed by atoms with Gasteiger partial charge in [0.25, 0.3) is 17.3 Å². The maximum absolute atomic E-state index is 13.1. The summed E-state index contributed by atoms with van der Waals surface area (Å²) in [5.74, 6) is -0.727. The van der Waals surface area contributed by atoms with E-state index in [1.165, 1.54) is 12.1 Å². The van der Waals surface area contributed by atoms with Crippen molar-refractivity contribution in [2.75, 3.05) is 19.7 Å². The third kappa shape index (κ3) is 5.55. The van der Waals surface area contributed by atoms with Gasteiger partial charge in [-0.2, -0.15) is 0 Å². The van der Waals surface area contributed by atoms with Crippen LogP contribution in [0.3, 0.4) is 0 Å². The number of hydrogen-bond donors (Lipinski definition) is 0. The Morgan fingerprint density at radius 1 is 1.03 bits per heavy atom. The van der Waals surface area contributed by atoms with Gasteiger partial charge in [0.15, 0.2) is 6.61 Å². The molecule has 11 heteroatoms. The monoisotopic (exact) mass is 446 g/mol. The van der Waals surface area contributed by atoms with Crippen molar-refractivity contribution in [2.24, 2.45) is 0 Å². The number of piperazine rings is 1. The third-order valence-electron chi connectivity index (χ3n) is 5.39. The summed E-state index contributed by atoms with van der Waals surface area (Å²) in [6.07, 6.45) is 0. The number of nitro benzene ring substituents is 2. The van der Waals surface area contributed by atoms with E-state index in [-0.39, 0.29) is 29.6 Å². The van der Waals surface area contributed by atoms with Crippen molar-refractivity contribution < 1.29 is 23.8 Å². The molecule has 1 saturated heterocycles. The van der Waals surface area contributed by atoms with E-state index in [1.54, 1.807) is 17.0 Å². The zero-order chi connectivity index (χ0) is 23.4. The van der Waals surface area contributed by atoms with E-state index < -0.39 is 27.8 Å². The summed E-state index contributed by atoms with van der Waals surface area (Å²) >= 11 is 0. The van der Waals surface area contributed by atoms with Crippen molar-refractivity contribution in [3.8, 4) is 5.75 Å². The van der Waals surface area contributed by atoms with Crippen LogP contribution < -0.4 is 4.74 Å². The number of ether oxygens (including phenoxy) is 1. The van der Waals surface area contributed by atoms with Crippen molar-refractivity contribution in [1.29, 1.82) is 0 Å². The molecule has 2 atom stereocenters. The Morgan fingerprint density at radius 2 is 1.62 bits per heavy atom. The minimum Gasteiger partial charge on any atom is -0.483 e. The third-order valence-corrected chi connectivity index (χ3v) is 5.39. The van der Waals surface area contributed by atoms with Crippen LogP contribution in [-0.2, 0) is 11.3 Å². The number of amides is 1. The topological polar surface area (TPSA) is 119 Å². The summed E-state index contributed by atoms with van der Waals surface area (Å²) in [4.78, 5) is 37.1. The van der Waals surface area contributed by atoms with Crippen LogP contribution in [0, 0.1) is 26.0 Å². The minimum absolute atomic E-state index is 0.0408.